The topological polar surface area (TPSA) is 43.8 Å². The van der Waals surface area contributed by atoms with Crippen molar-refractivity contribution >= 4 is 21.7 Å². The lowest BCUT2D eigenvalue weighted by Gasteiger charge is -2.00. The van der Waals surface area contributed by atoms with Crippen molar-refractivity contribution in [2.24, 2.45) is 7.05 Å². The molecule has 2 N–H and O–H groups in total. The van der Waals surface area contributed by atoms with E-state index in [0.29, 0.717) is 5.82 Å². The van der Waals surface area contributed by atoms with E-state index < -0.39 is 0 Å². The molecule has 0 amide bonds. The summed E-state index contributed by atoms with van der Waals surface area (Å²) >= 11 is 3.47. The second-order valence-electron chi connectivity index (χ2n) is 3.60. The Hall–Kier alpha value is -1.29. The zero-order valence-electron chi connectivity index (χ0n) is 8.66. The molecule has 2 aromatic rings. The Bertz CT molecular complexity index is 463. The molecule has 0 saturated heterocycles. The van der Waals surface area contributed by atoms with Gasteiger partial charge < -0.3 is 5.73 Å². The van der Waals surface area contributed by atoms with E-state index in [1.54, 1.807) is 4.68 Å². The highest BCUT2D eigenvalue weighted by Gasteiger charge is 2.05. The molecule has 0 aliphatic rings. The van der Waals surface area contributed by atoms with Crippen molar-refractivity contribution in [1.82, 2.24) is 9.78 Å². The lowest BCUT2D eigenvalue weighted by molar-refractivity contribution is 0.782. The molecule has 0 aliphatic carbocycles. The van der Waals surface area contributed by atoms with Crippen LogP contribution >= 0.6 is 15.9 Å². The number of hydrogen-bond donors (Lipinski definition) is 1. The van der Waals surface area contributed by atoms with Gasteiger partial charge in [-0.1, -0.05) is 15.9 Å². The van der Waals surface area contributed by atoms with Gasteiger partial charge in [-0.05, 0) is 30.7 Å². The van der Waals surface area contributed by atoms with Crippen molar-refractivity contribution in [2.75, 3.05) is 5.73 Å². The molecule has 0 saturated carbocycles. The van der Waals surface area contributed by atoms with E-state index in [1.807, 2.05) is 19.2 Å². The Labute approximate surface area is 97.0 Å². The molecule has 3 nitrogen and oxygen atoms in total. The van der Waals surface area contributed by atoms with Gasteiger partial charge in [-0.25, -0.2) is 0 Å². The van der Waals surface area contributed by atoms with Crippen molar-refractivity contribution in [3.63, 3.8) is 0 Å². The van der Waals surface area contributed by atoms with Crippen LogP contribution in [0.2, 0.25) is 0 Å². The van der Waals surface area contributed by atoms with Crippen molar-refractivity contribution in [1.29, 1.82) is 0 Å². The molecule has 78 valence electrons. The minimum absolute atomic E-state index is 0.669. The first-order valence-corrected chi connectivity index (χ1v) is 5.42. The molecule has 4 heteroatoms. The van der Waals surface area contributed by atoms with Gasteiger partial charge in [0.05, 0.1) is 5.69 Å². The molecular weight excluding hydrogens is 254 g/mol. The number of halogens is 1. The Kier molecular flexibility index (Phi) is 2.52. The van der Waals surface area contributed by atoms with E-state index in [0.717, 1.165) is 15.7 Å². The number of rotatable bonds is 1. The summed E-state index contributed by atoms with van der Waals surface area (Å²) < 4.78 is 2.73. The standard InChI is InChI=1S/C11H12BrN3/c1-7-3-8(5-9(12)4-7)10-6-11(13)15(2)14-10/h3-6H,13H2,1-2H3. The van der Waals surface area contributed by atoms with Crippen molar-refractivity contribution in [3.8, 4) is 11.3 Å². The Balaban J connectivity index is 2.53. The Morgan fingerprint density at radius 2 is 2.00 bits per heavy atom. The zero-order valence-corrected chi connectivity index (χ0v) is 10.2. The lowest BCUT2D eigenvalue weighted by atomic mass is 10.1. The van der Waals surface area contributed by atoms with E-state index in [2.05, 4.69) is 40.1 Å². The van der Waals surface area contributed by atoms with Crippen LogP contribution in [-0.4, -0.2) is 9.78 Å². The first kappa shape index (κ1) is 10.2. The molecule has 0 unspecified atom stereocenters. The number of nitrogen functional groups attached to an aromatic ring is 1. The largest absolute Gasteiger partial charge is 0.384 e. The second-order valence-corrected chi connectivity index (χ2v) is 4.51. The molecule has 1 aromatic carbocycles. The van der Waals surface area contributed by atoms with Crippen LogP contribution < -0.4 is 5.73 Å². The highest BCUT2D eigenvalue weighted by molar-refractivity contribution is 9.10. The van der Waals surface area contributed by atoms with Crippen molar-refractivity contribution in [3.05, 3.63) is 34.3 Å². The Morgan fingerprint density at radius 1 is 1.27 bits per heavy atom. The van der Waals surface area contributed by atoms with Gasteiger partial charge in [0.2, 0.25) is 0 Å². The molecular formula is C11H12BrN3. The number of nitrogens with two attached hydrogens (primary N) is 1. The van der Waals surface area contributed by atoms with Crippen LogP contribution in [0.25, 0.3) is 11.3 Å². The molecule has 0 bridgehead atoms. The second kappa shape index (κ2) is 3.70. The summed E-state index contributed by atoms with van der Waals surface area (Å²) in [5, 5.41) is 4.33. The zero-order chi connectivity index (χ0) is 11.0. The van der Waals surface area contributed by atoms with Crippen LogP contribution in [-0.2, 0) is 7.05 Å². The van der Waals surface area contributed by atoms with Crippen LogP contribution in [0.3, 0.4) is 0 Å². The van der Waals surface area contributed by atoms with Gasteiger partial charge in [0.15, 0.2) is 0 Å². The van der Waals surface area contributed by atoms with Crippen LogP contribution in [0, 0.1) is 6.92 Å². The van der Waals surface area contributed by atoms with Gasteiger partial charge >= 0.3 is 0 Å². The van der Waals surface area contributed by atoms with E-state index in [1.165, 1.54) is 5.56 Å². The summed E-state index contributed by atoms with van der Waals surface area (Å²) in [6.07, 6.45) is 0. The molecule has 0 spiro atoms. The average molecular weight is 266 g/mol. The first-order valence-electron chi connectivity index (χ1n) is 4.63. The predicted octanol–water partition coefficient (Wildman–Crippen LogP) is 2.74. The number of aryl methyl sites for hydroxylation is 2. The molecule has 0 fully saturated rings. The van der Waals surface area contributed by atoms with Crippen molar-refractivity contribution in [2.45, 2.75) is 6.92 Å². The van der Waals surface area contributed by atoms with E-state index in [4.69, 9.17) is 5.73 Å². The summed E-state index contributed by atoms with van der Waals surface area (Å²) in [6.45, 7) is 2.06. The fourth-order valence-corrected chi connectivity index (χ4v) is 2.11. The normalized spacial score (nSPS) is 10.6. The fraction of sp³-hybridized carbons (Fsp3) is 0.182. The summed E-state index contributed by atoms with van der Waals surface area (Å²) in [4.78, 5) is 0. The van der Waals surface area contributed by atoms with Crippen LogP contribution in [0.4, 0.5) is 5.82 Å². The maximum absolute atomic E-state index is 5.74. The van der Waals surface area contributed by atoms with Crippen LogP contribution in [0.15, 0.2) is 28.7 Å². The van der Waals surface area contributed by atoms with E-state index >= 15 is 0 Å². The molecule has 1 aromatic heterocycles. The molecule has 15 heavy (non-hydrogen) atoms. The minimum Gasteiger partial charge on any atom is -0.384 e. The monoisotopic (exact) mass is 265 g/mol. The molecule has 1 heterocycles. The summed E-state index contributed by atoms with van der Waals surface area (Å²) in [5.41, 5.74) is 8.92. The maximum Gasteiger partial charge on any atom is 0.121 e. The first-order chi connectivity index (χ1) is 7.06. The van der Waals surface area contributed by atoms with Gasteiger partial charge in [-0.15, -0.1) is 0 Å². The average Bonchev–Trinajstić information content (AvgIpc) is 2.45. The molecule has 0 atom stereocenters. The number of nitrogens with zero attached hydrogens (tertiary/aromatic N) is 2. The smallest absolute Gasteiger partial charge is 0.121 e. The fourth-order valence-electron chi connectivity index (χ4n) is 1.51. The van der Waals surface area contributed by atoms with Gasteiger partial charge in [0.25, 0.3) is 0 Å². The molecule has 0 aliphatic heterocycles. The van der Waals surface area contributed by atoms with Gasteiger partial charge in [-0.2, -0.15) is 5.10 Å². The quantitative estimate of drug-likeness (QED) is 0.862. The molecule has 2 rings (SSSR count). The predicted molar refractivity (Wildman–Crippen MR) is 65.5 cm³/mol. The third-order valence-corrected chi connectivity index (χ3v) is 2.71. The van der Waals surface area contributed by atoms with Gasteiger partial charge in [0.1, 0.15) is 5.82 Å². The maximum atomic E-state index is 5.74. The van der Waals surface area contributed by atoms with Crippen LogP contribution in [0.5, 0.6) is 0 Å². The Morgan fingerprint density at radius 3 is 2.53 bits per heavy atom. The number of anilines is 1. The van der Waals surface area contributed by atoms with E-state index in [9.17, 15) is 0 Å². The van der Waals surface area contributed by atoms with Gasteiger partial charge in [0, 0.05) is 23.2 Å². The third kappa shape index (κ3) is 2.04. The van der Waals surface area contributed by atoms with Crippen LogP contribution in [0.1, 0.15) is 5.56 Å². The van der Waals surface area contributed by atoms with Crippen molar-refractivity contribution < 1.29 is 0 Å². The minimum atomic E-state index is 0.669. The molecule has 0 radical (unpaired) electrons. The number of hydrogen-bond acceptors (Lipinski definition) is 2. The lowest BCUT2D eigenvalue weighted by Crippen LogP contribution is -1.96. The third-order valence-electron chi connectivity index (χ3n) is 2.25. The summed E-state index contributed by atoms with van der Waals surface area (Å²) in [6, 6.07) is 8.07. The van der Waals surface area contributed by atoms with Gasteiger partial charge in [-0.3, -0.25) is 4.68 Å². The SMILES string of the molecule is Cc1cc(Br)cc(-c2cc(N)n(C)n2)c1. The highest BCUT2D eigenvalue weighted by Crippen LogP contribution is 2.24. The van der Waals surface area contributed by atoms with E-state index in [-0.39, 0.29) is 0 Å². The number of aromatic nitrogens is 2. The highest BCUT2D eigenvalue weighted by atomic mass is 79.9. The summed E-state index contributed by atoms with van der Waals surface area (Å²) in [5.74, 6) is 0.669. The number of benzene rings is 1. The summed E-state index contributed by atoms with van der Waals surface area (Å²) in [7, 11) is 1.84.